The van der Waals surface area contributed by atoms with Gasteiger partial charge in [-0.3, -0.25) is 0 Å². The average molecular weight is 403 g/mol. The number of carbonyl (C=O) groups excluding carboxylic acids is 1. The van der Waals surface area contributed by atoms with Crippen LogP contribution < -0.4 is 9.47 Å². The van der Waals surface area contributed by atoms with Crippen molar-refractivity contribution in [3.63, 3.8) is 0 Å². The summed E-state index contributed by atoms with van der Waals surface area (Å²) in [6, 6.07) is 16.1. The van der Waals surface area contributed by atoms with Gasteiger partial charge in [0.05, 0.1) is 24.9 Å². The Morgan fingerprint density at radius 2 is 2.00 bits per heavy atom. The van der Waals surface area contributed by atoms with Gasteiger partial charge in [-0.1, -0.05) is 24.3 Å². The minimum Gasteiger partial charge on any atom is -0.497 e. The Balaban J connectivity index is 1.77. The molecular weight excluding hydrogens is 378 g/mol. The summed E-state index contributed by atoms with van der Waals surface area (Å²) in [6.45, 7) is 2.01. The SMILES string of the molecule is CCOC(=O)COc1cccc(-n2c(C3=CC=CCC3)cc3cc(OC)ccc32)c1. The van der Waals surface area contributed by atoms with E-state index in [1.54, 1.807) is 14.0 Å². The number of esters is 1. The molecule has 0 radical (unpaired) electrons. The first-order valence-corrected chi connectivity index (χ1v) is 10.1. The second kappa shape index (κ2) is 8.91. The van der Waals surface area contributed by atoms with E-state index < -0.39 is 0 Å². The van der Waals surface area contributed by atoms with Crippen LogP contribution in [0.3, 0.4) is 0 Å². The summed E-state index contributed by atoms with van der Waals surface area (Å²) in [5, 5.41) is 1.11. The van der Waals surface area contributed by atoms with Crippen molar-refractivity contribution in [3.8, 4) is 17.2 Å². The number of methoxy groups -OCH3 is 1. The number of carbonyl (C=O) groups is 1. The third-order valence-electron chi connectivity index (χ3n) is 5.09. The molecule has 1 aliphatic rings. The van der Waals surface area contributed by atoms with Gasteiger partial charge in [0.2, 0.25) is 0 Å². The van der Waals surface area contributed by atoms with E-state index in [0.29, 0.717) is 12.4 Å². The van der Waals surface area contributed by atoms with Crippen LogP contribution in [-0.2, 0) is 9.53 Å². The Bertz CT molecular complexity index is 1120. The van der Waals surface area contributed by atoms with Gasteiger partial charge in [-0.15, -0.1) is 0 Å². The van der Waals surface area contributed by atoms with E-state index in [1.807, 2.05) is 30.3 Å². The fourth-order valence-electron chi connectivity index (χ4n) is 3.71. The molecule has 0 saturated carbocycles. The molecule has 4 rings (SSSR count). The lowest BCUT2D eigenvalue weighted by Crippen LogP contribution is -2.14. The smallest absolute Gasteiger partial charge is 0.344 e. The number of hydrogen-bond acceptors (Lipinski definition) is 4. The van der Waals surface area contributed by atoms with Crippen LogP contribution in [0.5, 0.6) is 11.5 Å². The molecule has 0 fully saturated rings. The molecule has 154 valence electrons. The van der Waals surface area contributed by atoms with Crippen LogP contribution in [0.2, 0.25) is 0 Å². The average Bonchev–Trinajstić information content (AvgIpc) is 3.17. The van der Waals surface area contributed by atoms with Gasteiger partial charge < -0.3 is 18.8 Å². The summed E-state index contributed by atoms with van der Waals surface area (Å²) in [6.07, 6.45) is 8.48. The van der Waals surface area contributed by atoms with E-state index in [1.165, 1.54) is 5.57 Å². The minimum absolute atomic E-state index is 0.107. The minimum atomic E-state index is -0.374. The Kier molecular flexibility index (Phi) is 5.89. The highest BCUT2D eigenvalue weighted by Gasteiger charge is 2.16. The van der Waals surface area contributed by atoms with E-state index >= 15 is 0 Å². The van der Waals surface area contributed by atoms with Gasteiger partial charge in [-0.25, -0.2) is 4.79 Å². The van der Waals surface area contributed by atoms with Crippen molar-refractivity contribution < 1.29 is 19.0 Å². The van der Waals surface area contributed by atoms with Crippen molar-refractivity contribution >= 4 is 22.4 Å². The molecule has 2 aromatic carbocycles. The van der Waals surface area contributed by atoms with Crippen molar-refractivity contribution in [2.75, 3.05) is 20.3 Å². The molecule has 0 amide bonds. The molecule has 30 heavy (non-hydrogen) atoms. The standard InChI is InChI=1S/C25H25NO4/c1-3-29-25(27)17-30-22-11-7-10-20(16-22)26-23-13-12-21(28-2)14-19(23)15-24(26)18-8-5-4-6-9-18/h4-5,7-8,10-16H,3,6,9,17H2,1-2H3. The van der Waals surface area contributed by atoms with Crippen molar-refractivity contribution in [3.05, 3.63) is 72.5 Å². The van der Waals surface area contributed by atoms with Crippen LogP contribution in [0.1, 0.15) is 25.5 Å². The van der Waals surface area contributed by atoms with E-state index in [4.69, 9.17) is 14.2 Å². The number of aromatic nitrogens is 1. The molecule has 0 saturated heterocycles. The lowest BCUT2D eigenvalue weighted by Gasteiger charge is -2.16. The van der Waals surface area contributed by atoms with Crippen LogP contribution in [-0.4, -0.2) is 30.9 Å². The zero-order chi connectivity index (χ0) is 20.9. The molecule has 1 heterocycles. The molecule has 1 aliphatic carbocycles. The largest absolute Gasteiger partial charge is 0.497 e. The number of allylic oxidation sites excluding steroid dienone is 4. The van der Waals surface area contributed by atoms with Gasteiger partial charge in [0, 0.05) is 17.1 Å². The molecule has 0 spiro atoms. The Labute approximate surface area is 176 Å². The van der Waals surface area contributed by atoms with Crippen LogP contribution in [0.25, 0.3) is 22.2 Å². The van der Waals surface area contributed by atoms with E-state index in [-0.39, 0.29) is 12.6 Å². The summed E-state index contributed by atoms with van der Waals surface area (Å²) in [7, 11) is 1.68. The quantitative estimate of drug-likeness (QED) is 0.502. The fourth-order valence-corrected chi connectivity index (χ4v) is 3.71. The molecular formula is C25H25NO4. The van der Waals surface area contributed by atoms with Gasteiger partial charge in [0.1, 0.15) is 11.5 Å². The highest BCUT2D eigenvalue weighted by Crippen LogP contribution is 2.34. The zero-order valence-electron chi connectivity index (χ0n) is 17.3. The van der Waals surface area contributed by atoms with Crippen LogP contribution in [0, 0.1) is 0 Å². The van der Waals surface area contributed by atoms with E-state index in [0.717, 1.165) is 40.9 Å². The number of benzene rings is 2. The molecule has 3 aromatic rings. The molecule has 0 aliphatic heterocycles. The Morgan fingerprint density at radius 1 is 1.10 bits per heavy atom. The monoisotopic (exact) mass is 403 g/mol. The first-order chi connectivity index (χ1) is 14.7. The molecule has 0 atom stereocenters. The van der Waals surface area contributed by atoms with Gasteiger partial charge in [0.15, 0.2) is 6.61 Å². The molecule has 0 unspecified atom stereocenters. The van der Waals surface area contributed by atoms with E-state index in [2.05, 4.69) is 41.0 Å². The predicted octanol–water partition coefficient (Wildman–Crippen LogP) is 5.31. The second-order valence-corrected chi connectivity index (χ2v) is 7.04. The lowest BCUT2D eigenvalue weighted by atomic mass is 10.0. The predicted molar refractivity (Wildman–Crippen MR) is 118 cm³/mol. The van der Waals surface area contributed by atoms with Gasteiger partial charge in [-0.05, 0) is 61.7 Å². The summed E-state index contributed by atoms with van der Waals surface area (Å²) in [5.41, 5.74) is 4.49. The maximum absolute atomic E-state index is 11.6. The van der Waals surface area contributed by atoms with Crippen LogP contribution in [0.15, 0.2) is 66.8 Å². The maximum Gasteiger partial charge on any atom is 0.344 e. The number of rotatable bonds is 7. The van der Waals surface area contributed by atoms with Crippen molar-refractivity contribution in [2.24, 2.45) is 0 Å². The molecule has 1 aromatic heterocycles. The third kappa shape index (κ3) is 4.10. The topological polar surface area (TPSA) is 49.7 Å². The normalized spacial score (nSPS) is 13.2. The van der Waals surface area contributed by atoms with Crippen molar-refractivity contribution in [1.82, 2.24) is 4.57 Å². The summed E-state index contributed by atoms with van der Waals surface area (Å²) in [4.78, 5) is 11.6. The highest BCUT2D eigenvalue weighted by atomic mass is 16.6. The first kappa shape index (κ1) is 19.8. The van der Waals surface area contributed by atoms with Gasteiger partial charge in [-0.2, -0.15) is 0 Å². The van der Waals surface area contributed by atoms with Crippen molar-refractivity contribution in [1.29, 1.82) is 0 Å². The first-order valence-electron chi connectivity index (χ1n) is 10.1. The second-order valence-electron chi connectivity index (χ2n) is 7.04. The lowest BCUT2D eigenvalue weighted by molar-refractivity contribution is -0.145. The summed E-state index contributed by atoms with van der Waals surface area (Å²) in [5.74, 6) is 1.08. The third-order valence-corrected chi connectivity index (χ3v) is 5.09. The molecule has 5 heteroatoms. The molecule has 0 N–H and O–H groups in total. The molecule has 0 bridgehead atoms. The van der Waals surface area contributed by atoms with Crippen LogP contribution >= 0.6 is 0 Å². The maximum atomic E-state index is 11.6. The fraction of sp³-hybridized carbons (Fsp3) is 0.240. The number of hydrogen-bond donors (Lipinski definition) is 0. The van der Waals surface area contributed by atoms with Crippen molar-refractivity contribution in [2.45, 2.75) is 19.8 Å². The Hall–Kier alpha value is -3.47. The molecule has 5 nitrogen and oxygen atoms in total. The van der Waals surface area contributed by atoms with Gasteiger partial charge in [0.25, 0.3) is 0 Å². The Morgan fingerprint density at radius 3 is 2.77 bits per heavy atom. The van der Waals surface area contributed by atoms with Crippen LogP contribution in [0.4, 0.5) is 0 Å². The number of fused-ring (bicyclic) bond motifs is 1. The van der Waals surface area contributed by atoms with E-state index in [9.17, 15) is 4.79 Å². The zero-order valence-corrected chi connectivity index (χ0v) is 17.3. The number of nitrogens with zero attached hydrogens (tertiary/aromatic N) is 1. The van der Waals surface area contributed by atoms with Gasteiger partial charge >= 0.3 is 5.97 Å². The highest BCUT2D eigenvalue weighted by molar-refractivity contribution is 5.89. The summed E-state index contributed by atoms with van der Waals surface area (Å²) < 4.78 is 18.3. The summed E-state index contributed by atoms with van der Waals surface area (Å²) >= 11 is 0. The number of ether oxygens (including phenoxy) is 3.